The van der Waals surface area contributed by atoms with E-state index in [0.29, 0.717) is 13.1 Å². The molecule has 0 aliphatic heterocycles. The quantitative estimate of drug-likeness (QED) is 0.763. The molecule has 1 heterocycles. The summed E-state index contributed by atoms with van der Waals surface area (Å²) in [5.41, 5.74) is 0.956. The van der Waals surface area contributed by atoms with Gasteiger partial charge in [-0.25, -0.2) is 18.1 Å². The number of rotatable bonds is 6. The highest BCUT2D eigenvalue weighted by molar-refractivity contribution is 7.89. The van der Waals surface area contributed by atoms with Gasteiger partial charge >= 0.3 is 0 Å². The Morgan fingerprint density at radius 1 is 1.38 bits per heavy atom. The topological polar surface area (TPSA) is 71.1 Å². The monoisotopic (exact) mass is 243 g/mol. The molecule has 0 spiro atoms. The lowest BCUT2D eigenvalue weighted by Crippen LogP contribution is -2.25. The number of nitrogens with one attached hydrogen (secondary N) is 2. The van der Waals surface area contributed by atoms with Gasteiger partial charge in [0.15, 0.2) is 5.03 Å². The van der Waals surface area contributed by atoms with Gasteiger partial charge in [0.1, 0.15) is 0 Å². The predicted molar refractivity (Wildman–Crippen MR) is 62.5 cm³/mol. The molecule has 0 saturated heterocycles. The Morgan fingerprint density at radius 3 is 2.62 bits per heavy atom. The highest BCUT2D eigenvalue weighted by Gasteiger charge is 2.13. The molecule has 0 bridgehead atoms. The van der Waals surface area contributed by atoms with E-state index in [9.17, 15) is 8.42 Å². The molecule has 5 nitrogen and oxygen atoms in total. The predicted octanol–water partition coefficient (Wildman–Crippen LogP) is 0.489. The normalized spacial score (nSPS) is 11.6. The van der Waals surface area contributed by atoms with Crippen molar-refractivity contribution < 1.29 is 8.42 Å². The zero-order chi connectivity index (χ0) is 12.0. The first kappa shape index (κ1) is 13.1. The van der Waals surface area contributed by atoms with Gasteiger partial charge in [-0.15, -0.1) is 0 Å². The van der Waals surface area contributed by atoms with Crippen molar-refractivity contribution in [2.45, 2.75) is 24.9 Å². The second-order valence-corrected chi connectivity index (χ2v) is 5.15. The van der Waals surface area contributed by atoms with Crippen LogP contribution in [0.5, 0.6) is 0 Å². The Balaban J connectivity index is 2.80. The highest BCUT2D eigenvalue weighted by Crippen LogP contribution is 2.06. The van der Waals surface area contributed by atoms with Crippen molar-refractivity contribution in [3.05, 3.63) is 23.9 Å². The molecular formula is C10H17N3O2S. The van der Waals surface area contributed by atoms with Crippen molar-refractivity contribution in [2.24, 2.45) is 0 Å². The molecule has 0 radical (unpaired) electrons. The first-order valence-corrected chi connectivity index (χ1v) is 6.67. The van der Waals surface area contributed by atoms with E-state index in [1.807, 2.05) is 14.0 Å². The number of pyridine rings is 1. The summed E-state index contributed by atoms with van der Waals surface area (Å²) >= 11 is 0. The molecule has 0 amide bonds. The number of nitrogens with zero attached hydrogens (tertiary/aromatic N) is 1. The lowest BCUT2D eigenvalue weighted by Gasteiger charge is -2.05. The van der Waals surface area contributed by atoms with Gasteiger partial charge in [-0.05, 0) is 25.1 Å². The Bertz CT molecular complexity index is 414. The van der Waals surface area contributed by atoms with E-state index in [2.05, 4.69) is 15.0 Å². The third kappa shape index (κ3) is 3.55. The second-order valence-electron chi connectivity index (χ2n) is 3.43. The summed E-state index contributed by atoms with van der Waals surface area (Å²) in [6, 6.07) is 3.27. The summed E-state index contributed by atoms with van der Waals surface area (Å²) < 4.78 is 25.8. The van der Waals surface area contributed by atoms with Crippen LogP contribution in [0, 0.1) is 0 Å². The molecule has 1 rings (SSSR count). The molecule has 0 aromatic carbocycles. The summed E-state index contributed by atoms with van der Waals surface area (Å²) in [5, 5.41) is 3.04. The highest BCUT2D eigenvalue weighted by atomic mass is 32.2. The van der Waals surface area contributed by atoms with Crippen LogP contribution in [0.4, 0.5) is 0 Å². The van der Waals surface area contributed by atoms with Crippen LogP contribution in [-0.2, 0) is 16.6 Å². The maximum absolute atomic E-state index is 11.7. The van der Waals surface area contributed by atoms with E-state index in [4.69, 9.17) is 0 Å². The molecule has 6 heteroatoms. The molecule has 0 fully saturated rings. The van der Waals surface area contributed by atoms with Crippen LogP contribution in [0.2, 0.25) is 0 Å². The fraction of sp³-hybridized carbons (Fsp3) is 0.500. The summed E-state index contributed by atoms with van der Waals surface area (Å²) in [4.78, 5) is 3.93. The Hall–Kier alpha value is -0.980. The second kappa shape index (κ2) is 5.93. The lowest BCUT2D eigenvalue weighted by atomic mass is 10.3. The molecule has 0 atom stereocenters. The van der Waals surface area contributed by atoms with Crippen molar-refractivity contribution in [1.29, 1.82) is 0 Å². The van der Waals surface area contributed by atoms with Crippen LogP contribution in [0.25, 0.3) is 0 Å². The van der Waals surface area contributed by atoms with Crippen molar-refractivity contribution in [3.63, 3.8) is 0 Å². The van der Waals surface area contributed by atoms with E-state index in [-0.39, 0.29) is 5.03 Å². The van der Waals surface area contributed by atoms with Crippen LogP contribution in [0.15, 0.2) is 23.4 Å². The molecule has 16 heavy (non-hydrogen) atoms. The first-order valence-electron chi connectivity index (χ1n) is 5.19. The fourth-order valence-corrected chi connectivity index (χ4v) is 2.25. The van der Waals surface area contributed by atoms with E-state index in [1.54, 1.807) is 12.3 Å². The van der Waals surface area contributed by atoms with Gasteiger partial charge in [-0.2, -0.15) is 0 Å². The largest absolute Gasteiger partial charge is 0.316 e. The van der Waals surface area contributed by atoms with Crippen molar-refractivity contribution in [2.75, 3.05) is 13.6 Å². The molecule has 90 valence electrons. The molecule has 0 saturated carbocycles. The van der Waals surface area contributed by atoms with Crippen molar-refractivity contribution in [3.8, 4) is 0 Å². The van der Waals surface area contributed by atoms with Crippen LogP contribution in [0.3, 0.4) is 0 Å². The zero-order valence-corrected chi connectivity index (χ0v) is 10.3. The fourth-order valence-electron chi connectivity index (χ4n) is 1.19. The maximum atomic E-state index is 11.7. The number of hydrogen-bond donors (Lipinski definition) is 2. The summed E-state index contributed by atoms with van der Waals surface area (Å²) in [5.74, 6) is 0. The van der Waals surface area contributed by atoms with E-state index < -0.39 is 10.0 Å². The minimum atomic E-state index is -3.44. The van der Waals surface area contributed by atoms with Gasteiger partial charge in [-0.1, -0.05) is 13.0 Å². The zero-order valence-electron chi connectivity index (χ0n) is 9.53. The van der Waals surface area contributed by atoms with Gasteiger partial charge in [-0.3, -0.25) is 0 Å². The van der Waals surface area contributed by atoms with E-state index >= 15 is 0 Å². The summed E-state index contributed by atoms with van der Waals surface area (Å²) in [6.45, 7) is 3.02. The SMILES string of the molecule is CCCNS(=O)(=O)c1ccc(CNC)cn1. The molecule has 1 aromatic rings. The van der Waals surface area contributed by atoms with Gasteiger partial charge in [0.05, 0.1) is 0 Å². The average molecular weight is 243 g/mol. The molecular weight excluding hydrogens is 226 g/mol. The lowest BCUT2D eigenvalue weighted by molar-refractivity contribution is 0.576. The van der Waals surface area contributed by atoms with Gasteiger partial charge < -0.3 is 5.32 Å². The van der Waals surface area contributed by atoms with Crippen molar-refractivity contribution >= 4 is 10.0 Å². The van der Waals surface area contributed by atoms with Crippen LogP contribution in [0.1, 0.15) is 18.9 Å². The minimum Gasteiger partial charge on any atom is -0.316 e. The first-order chi connectivity index (χ1) is 7.60. The maximum Gasteiger partial charge on any atom is 0.258 e. The Labute approximate surface area is 96.3 Å². The summed E-state index contributed by atoms with van der Waals surface area (Å²) in [6.07, 6.45) is 2.33. The van der Waals surface area contributed by atoms with E-state index in [1.165, 1.54) is 6.07 Å². The third-order valence-electron chi connectivity index (χ3n) is 2.00. The molecule has 0 unspecified atom stereocenters. The average Bonchev–Trinajstić information content (AvgIpc) is 2.28. The number of aromatic nitrogens is 1. The standard InChI is InChI=1S/C10H17N3O2S/c1-3-6-13-16(14,15)10-5-4-9(7-11-2)8-12-10/h4-5,8,11,13H,3,6-7H2,1-2H3. The van der Waals surface area contributed by atoms with Crippen LogP contribution < -0.4 is 10.0 Å². The minimum absolute atomic E-state index is 0.0702. The Morgan fingerprint density at radius 2 is 2.12 bits per heavy atom. The van der Waals surface area contributed by atoms with Gasteiger partial charge in [0.2, 0.25) is 0 Å². The molecule has 2 N–H and O–H groups in total. The van der Waals surface area contributed by atoms with Gasteiger partial charge in [0.25, 0.3) is 10.0 Å². The Kier molecular flexibility index (Phi) is 4.85. The van der Waals surface area contributed by atoms with Gasteiger partial charge in [0, 0.05) is 19.3 Å². The summed E-state index contributed by atoms with van der Waals surface area (Å²) in [7, 11) is -1.61. The molecule has 0 aliphatic carbocycles. The van der Waals surface area contributed by atoms with Crippen LogP contribution >= 0.6 is 0 Å². The third-order valence-corrected chi connectivity index (χ3v) is 3.37. The molecule has 0 aliphatic rings. The van der Waals surface area contributed by atoms with Crippen LogP contribution in [-0.4, -0.2) is 27.0 Å². The smallest absolute Gasteiger partial charge is 0.258 e. The number of sulfonamides is 1. The van der Waals surface area contributed by atoms with Crippen molar-refractivity contribution in [1.82, 2.24) is 15.0 Å². The van der Waals surface area contributed by atoms with E-state index in [0.717, 1.165) is 12.0 Å². The molecule has 1 aromatic heterocycles. The number of hydrogen-bond acceptors (Lipinski definition) is 4.